The molecule has 1 saturated heterocycles. The van der Waals surface area contributed by atoms with E-state index in [-0.39, 0.29) is 5.56 Å². The second-order valence-electron chi connectivity index (χ2n) is 15.2. The molecule has 3 aromatic rings. The summed E-state index contributed by atoms with van der Waals surface area (Å²) in [6, 6.07) is 0.948. The van der Waals surface area contributed by atoms with Gasteiger partial charge in [-0.2, -0.15) is 0 Å². The Morgan fingerprint density at radius 3 is 1.60 bits per heavy atom. The van der Waals surface area contributed by atoms with Crippen LogP contribution in [0.15, 0.2) is 30.3 Å². The van der Waals surface area contributed by atoms with Crippen molar-refractivity contribution in [2.45, 2.75) is 85.3 Å². The van der Waals surface area contributed by atoms with Gasteiger partial charge in [-0.3, -0.25) is 19.8 Å². The fourth-order valence-electron chi connectivity index (χ4n) is 6.95. The van der Waals surface area contributed by atoms with E-state index >= 15 is 0 Å². The van der Waals surface area contributed by atoms with Crippen LogP contribution in [0.1, 0.15) is 42.0 Å². The number of phenolic OH excluding ortho intramolecular Hbond substituents is 8. The zero-order valence-electron chi connectivity index (χ0n) is 33.8. The molecule has 1 fully saturated rings. The minimum atomic E-state index is -4.64. The van der Waals surface area contributed by atoms with Crippen LogP contribution in [0, 0.1) is 0 Å². The van der Waals surface area contributed by atoms with Gasteiger partial charge in [-0.15, -0.1) is 0 Å². The molecule has 31 heteroatoms. The third kappa shape index (κ3) is 9.34. The van der Waals surface area contributed by atoms with Crippen LogP contribution in [-0.4, -0.2) is 193 Å². The third-order valence-corrected chi connectivity index (χ3v) is 10.5. The van der Waals surface area contributed by atoms with Crippen molar-refractivity contribution in [2.75, 3.05) is 6.61 Å². The van der Waals surface area contributed by atoms with Crippen molar-refractivity contribution >= 4 is 17.7 Å². The van der Waals surface area contributed by atoms with Gasteiger partial charge in [0.15, 0.2) is 34.4 Å². The number of phenols is 8. The number of ketones is 1. The van der Waals surface area contributed by atoms with Crippen molar-refractivity contribution in [1.82, 2.24) is 15.5 Å². The summed E-state index contributed by atoms with van der Waals surface area (Å²) < 4.78 is 4.88. The van der Waals surface area contributed by atoms with Crippen molar-refractivity contribution in [3.05, 3.63) is 52.6 Å². The maximum atomic E-state index is 13.7. The Morgan fingerprint density at radius 2 is 1.13 bits per heavy atom. The molecule has 372 valence electrons. The van der Waals surface area contributed by atoms with Crippen LogP contribution >= 0.6 is 0 Å². The largest absolute Gasteiger partial charge is 0.504 e. The lowest BCUT2D eigenvalue weighted by atomic mass is 9.75. The lowest BCUT2D eigenvalue weighted by molar-refractivity contribution is -0.495. The van der Waals surface area contributed by atoms with Gasteiger partial charge in [0.05, 0.1) is 6.10 Å². The number of aliphatic hydroxyl groups is 16. The fourth-order valence-corrected chi connectivity index (χ4v) is 6.95. The second kappa shape index (κ2) is 17.7. The molecule has 4 unspecified atom stereocenters. The molecule has 4 atom stereocenters. The van der Waals surface area contributed by atoms with Crippen LogP contribution in [0.3, 0.4) is 0 Å². The minimum absolute atomic E-state index is 0.195. The summed E-state index contributed by atoms with van der Waals surface area (Å²) in [5.41, 5.74) is -9.90. The molecule has 4 rings (SSSR count). The monoisotopic (exact) mass is 967 g/mol. The number of hydrogen-bond donors (Lipinski definition) is 26. The van der Waals surface area contributed by atoms with E-state index < -0.39 is 176 Å². The third-order valence-electron chi connectivity index (χ3n) is 10.5. The molecule has 0 aliphatic carbocycles. The van der Waals surface area contributed by atoms with Gasteiger partial charge in [0.2, 0.25) is 34.7 Å². The Hall–Kier alpha value is -6.37. The standard InChI is InChI=1S/C36H45N3O28/c1-11(39-29(51)38-35(63,64)34(61,62)36(39,65)66)28(50)37-13(7-12-5-3-2-4-6-12)8-15(41)30(52,31(53,54)16-19(42)24(47)26(49)25(48)20(16)43)9-14(40)10-67-27-17(32(55,56)57)21(44)23(46)22(45)18(27)33(58,59)60/h2-6,11,13,15,41-49,52-66H,7-10H2,1H3,(H,37,50)(H,38,51). The summed E-state index contributed by atoms with van der Waals surface area (Å²) in [6.07, 6.45) is -7.04. The first kappa shape index (κ1) is 53.2. The lowest BCUT2D eigenvalue weighted by Crippen LogP contribution is -2.86. The molecule has 67 heavy (non-hydrogen) atoms. The van der Waals surface area contributed by atoms with E-state index in [9.17, 15) is 137 Å². The van der Waals surface area contributed by atoms with E-state index in [2.05, 4.69) is 5.32 Å². The highest BCUT2D eigenvalue weighted by atomic mass is 16.7. The number of nitrogens with one attached hydrogen (secondary N) is 2. The summed E-state index contributed by atoms with van der Waals surface area (Å²) in [5, 5.41) is 253. The Labute approximate surface area is 371 Å². The normalized spacial score (nSPS) is 18.3. The highest BCUT2D eigenvalue weighted by molar-refractivity contribution is 5.88. The van der Waals surface area contributed by atoms with Crippen LogP contribution in [0.5, 0.6) is 51.7 Å². The minimum Gasteiger partial charge on any atom is -0.504 e. The van der Waals surface area contributed by atoms with E-state index in [1.165, 1.54) is 35.6 Å². The van der Waals surface area contributed by atoms with Crippen LogP contribution in [-0.2, 0) is 33.7 Å². The molecule has 0 spiro atoms. The average molecular weight is 968 g/mol. The Balaban J connectivity index is 1.86. The van der Waals surface area contributed by atoms with E-state index in [1.54, 1.807) is 0 Å². The van der Waals surface area contributed by atoms with Crippen LogP contribution < -0.4 is 15.4 Å². The van der Waals surface area contributed by atoms with Gasteiger partial charge in [-0.25, -0.2) is 4.79 Å². The van der Waals surface area contributed by atoms with Gasteiger partial charge >= 0.3 is 35.6 Å². The summed E-state index contributed by atoms with van der Waals surface area (Å²) in [5.74, 6) is -47.0. The first-order chi connectivity index (χ1) is 30.3. The Morgan fingerprint density at radius 1 is 0.701 bits per heavy atom. The fraction of sp³-hybridized carbons (Fsp3) is 0.417. The number of ether oxygens (including phenoxy) is 1. The smallest absolute Gasteiger partial charge is 0.326 e. The maximum Gasteiger partial charge on any atom is 0.326 e. The number of rotatable bonds is 17. The quantitative estimate of drug-likeness (QED) is 0.0339. The van der Waals surface area contributed by atoms with E-state index in [1.807, 2.05) is 0 Å². The van der Waals surface area contributed by atoms with E-state index in [4.69, 9.17) is 4.74 Å². The highest BCUT2D eigenvalue weighted by Gasteiger charge is 2.72. The summed E-state index contributed by atoms with van der Waals surface area (Å²) in [7, 11) is 0. The molecule has 3 aromatic carbocycles. The second-order valence-corrected chi connectivity index (χ2v) is 15.2. The molecule has 0 saturated carbocycles. The average Bonchev–Trinajstić information content (AvgIpc) is 3.18. The predicted octanol–water partition coefficient (Wildman–Crippen LogP) is -8.74. The molecule has 0 bridgehead atoms. The summed E-state index contributed by atoms with van der Waals surface area (Å²) in [4.78, 5) is 39.7. The van der Waals surface area contributed by atoms with Gasteiger partial charge in [-0.05, 0) is 25.3 Å². The molecule has 0 radical (unpaired) electrons. The lowest BCUT2D eigenvalue weighted by Gasteiger charge is -2.52. The van der Waals surface area contributed by atoms with Crippen molar-refractivity contribution in [1.29, 1.82) is 0 Å². The van der Waals surface area contributed by atoms with Crippen molar-refractivity contribution in [3.63, 3.8) is 0 Å². The molecule has 31 nitrogen and oxygen atoms in total. The predicted molar refractivity (Wildman–Crippen MR) is 203 cm³/mol. The van der Waals surface area contributed by atoms with Gasteiger partial charge < -0.3 is 133 Å². The first-order valence-corrected chi connectivity index (χ1v) is 18.5. The zero-order valence-corrected chi connectivity index (χ0v) is 33.8. The number of nitrogens with zero attached hydrogens (tertiary/aromatic N) is 1. The maximum absolute atomic E-state index is 13.7. The number of urea groups is 1. The number of carbonyl (C=O) groups is 3. The number of amides is 3. The van der Waals surface area contributed by atoms with Gasteiger partial charge in [-0.1, -0.05) is 30.3 Å². The molecule has 1 aliphatic heterocycles. The Kier molecular flexibility index (Phi) is 14.1. The van der Waals surface area contributed by atoms with Crippen molar-refractivity contribution < 1.29 is 142 Å². The highest BCUT2D eigenvalue weighted by Crippen LogP contribution is 2.57. The Bertz CT molecular complexity index is 2320. The molecular weight excluding hydrogens is 922 g/mol. The van der Waals surface area contributed by atoms with Crippen LogP contribution in [0.2, 0.25) is 0 Å². The van der Waals surface area contributed by atoms with E-state index in [0.29, 0.717) is 6.92 Å². The molecule has 1 heterocycles. The van der Waals surface area contributed by atoms with Crippen LogP contribution in [0.25, 0.3) is 0 Å². The number of hydrogen-bond acceptors (Lipinski definition) is 28. The number of aliphatic hydroxyl groups excluding tert-OH is 1. The number of carbonyl (C=O) groups excluding carboxylic acids is 3. The van der Waals surface area contributed by atoms with Gasteiger partial charge in [0, 0.05) is 12.5 Å². The number of aromatic hydroxyl groups is 8. The summed E-state index contributed by atoms with van der Waals surface area (Å²) >= 11 is 0. The first-order valence-electron chi connectivity index (χ1n) is 18.5. The number of Topliss-reactive ketones (excluding diaryl/α,β-unsaturated/α-hetero) is 1. The summed E-state index contributed by atoms with van der Waals surface area (Å²) in [6.45, 7) is -1.21. The van der Waals surface area contributed by atoms with Gasteiger partial charge in [0.1, 0.15) is 35.1 Å². The van der Waals surface area contributed by atoms with Crippen molar-refractivity contribution in [2.24, 2.45) is 0 Å². The molecule has 1 aliphatic rings. The van der Waals surface area contributed by atoms with Crippen molar-refractivity contribution in [3.8, 4) is 51.7 Å². The zero-order chi connectivity index (χ0) is 51.5. The molecule has 3 amide bonds. The molecule has 0 aromatic heterocycles. The number of benzene rings is 3. The topological polar surface area (TPSA) is 573 Å². The molecule has 26 N–H and O–H groups in total. The van der Waals surface area contributed by atoms with Crippen LogP contribution in [0.4, 0.5) is 4.79 Å². The van der Waals surface area contributed by atoms with E-state index in [0.717, 1.165) is 0 Å². The van der Waals surface area contributed by atoms with Gasteiger partial charge in [0.25, 0.3) is 0 Å². The SMILES string of the molecule is CC(C(=O)NC(Cc1ccccc1)CC(O)C(O)(CC(=O)COc1c(C(O)(O)O)c(O)c(O)c(O)c1C(O)(O)O)C(O)(O)c1c(O)c(O)c(O)c(O)c1O)N1C(=O)NC(O)(O)C(O)(O)C1(O)O. The molecular formula is C36H45N3O28.